The first-order valence-electron chi connectivity index (χ1n) is 1.82. The van der Waals surface area contributed by atoms with E-state index in [4.69, 9.17) is 22.9 Å². The summed E-state index contributed by atoms with van der Waals surface area (Å²) in [7, 11) is 0. The van der Waals surface area contributed by atoms with Gasteiger partial charge in [0.25, 0.3) is 0 Å². The predicted molar refractivity (Wildman–Crippen MR) is 35.6 cm³/mol. The van der Waals surface area contributed by atoms with E-state index in [1.807, 2.05) is 0 Å². The first-order valence-corrected chi connectivity index (χ1v) is 1.82. The van der Waals surface area contributed by atoms with E-state index in [1.165, 1.54) is 0 Å². The van der Waals surface area contributed by atoms with E-state index in [9.17, 15) is 0 Å². The molecule has 4 nitrogen and oxygen atoms in total. The molecule has 0 aromatic heterocycles. The van der Waals surface area contributed by atoms with Gasteiger partial charge in [-0.15, -0.1) is 0 Å². The molecule has 4 N–H and O–H groups in total. The van der Waals surface area contributed by atoms with Crippen LogP contribution in [0.25, 0.3) is 22.9 Å². The predicted octanol–water partition coefficient (Wildman–Crippen LogP) is 3.12. The van der Waals surface area contributed by atoms with E-state index in [0.29, 0.717) is 0 Å². The van der Waals surface area contributed by atoms with Crippen molar-refractivity contribution < 1.29 is 26.2 Å². The molecule has 0 heterocycles. The second-order valence-corrected chi connectivity index (χ2v) is 0.667. The van der Waals surface area contributed by atoms with Gasteiger partial charge in [0.2, 0.25) is 0 Å². The molecule has 9 heavy (non-hydrogen) atoms. The van der Waals surface area contributed by atoms with Crippen LogP contribution in [0, 0.1) is 0 Å². The van der Waals surface area contributed by atoms with E-state index in [0.717, 1.165) is 24.8 Å². The van der Waals surface area contributed by atoms with E-state index in [2.05, 4.69) is 0 Å². The Morgan fingerprint density at radius 2 is 0.667 bits per heavy atom. The van der Waals surface area contributed by atoms with Gasteiger partial charge < -0.3 is 22.9 Å². The summed E-state index contributed by atoms with van der Waals surface area (Å²) in [6, 6.07) is 0. The van der Waals surface area contributed by atoms with Crippen molar-refractivity contribution >= 4 is 0 Å². The van der Waals surface area contributed by atoms with Gasteiger partial charge in [0.15, 0.2) is 0 Å². The second kappa shape index (κ2) is 25.7. The van der Waals surface area contributed by atoms with Gasteiger partial charge in [-0.1, -0.05) is 0 Å². The molecule has 0 aliphatic rings. The van der Waals surface area contributed by atoms with Crippen LogP contribution in [-0.2, 0) is 26.2 Å². The fourth-order valence-corrected chi connectivity index (χ4v) is 0. The van der Waals surface area contributed by atoms with Crippen molar-refractivity contribution in [1.82, 2.24) is 0 Å². The zero-order chi connectivity index (χ0) is 6.83. The molecule has 0 aromatic rings. The van der Waals surface area contributed by atoms with Crippen LogP contribution in [0.3, 0.4) is 0 Å². The van der Waals surface area contributed by atoms with Gasteiger partial charge in [0.1, 0.15) is 0 Å². The van der Waals surface area contributed by atoms with Crippen LogP contribution in [0.15, 0.2) is 24.8 Å². The Labute approximate surface area is 74.1 Å². The molecule has 5 heteroatoms. The zero-order valence-corrected chi connectivity index (χ0v) is 7.27. The Hall–Kier alpha value is -0.437. The summed E-state index contributed by atoms with van der Waals surface area (Å²) in [6.07, 6.45) is 3.67. The molecule has 0 spiro atoms. The van der Waals surface area contributed by atoms with Crippen molar-refractivity contribution in [3.8, 4) is 0 Å². The topological polar surface area (TPSA) is 95.2 Å². The Balaban J connectivity index is -0.0000000720. The Morgan fingerprint density at radius 1 is 0.556 bits per heavy atom. The first-order chi connectivity index (χ1) is 3.83. The fourth-order valence-electron chi connectivity index (χ4n) is 0. The molecule has 0 radical (unpaired) electrons. The fraction of sp³-hybridized carbons (Fsp3) is 0. The molecule has 0 rings (SSSR count). The van der Waals surface area contributed by atoms with Gasteiger partial charge in [-0.25, -0.2) is 24.8 Å². The third-order valence-corrected chi connectivity index (χ3v) is 0.167. The maximum Gasteiger partial charge on any atom is 4.00 e. The van der Waals surface area contributed by atoms with E-state index in [-0.39, 0.29) is 26.2 Å². The van der Waals surface area contributed by atoms with Gasteiger partial charge in [-0.05, 0) is 0 Å². The van der Waals surface area contributed by atoms with Gasteiger partial charge in [0.05, 0.1) is 0 Å². The minimum Gasteiger partial charge on any atom is -0.706 e. The molecule has 0 saturated carbocycles. The van der Waals surface area contributed by atoms with Crippen LogP contribution in [0.1, 0.15) is 0 Å². The van der Waals surface area contributed by atoms with Gasteiger partial charge in [-0.3, -0.25) is 0 Å². The van der Waals surface area contributed by atoms with Crippen molar-refractivity contribution in [1.29, 1.82) is 0 Å². The molecule has 0 unspecified atom stereocenters. The maximum absolute atomic E-state index is 6.08. The minimum absolute atomic E-state index is 0. The molecular weight excluding hydrogens is 195 g/mol. The molecule has 0 atom stereocenters. The molecular formula is C4H8N4Zr. The van der Waals surface area contributed by atoms with Gasteiger partial charge >= 0.3 is 26.2 Å². The van der Waals surface area contributed by atoms with Crippen LogP contribution in [0.2, 0.25) is 0 Å². The van der Waals surface area contributed by atoms with Crippen molar-refractivity contribution in [2.75, 3.05) is 0 Å². The molecule has 0 fully saturated rings. The summed E-state index contributed by atoms with van der Waals surface area (Å²) >= 11 is 0. The molecule has 48 valence electrons. The standard InChI is InChI=1S/2C2H4N2.Zr/c2*3-1-2-4;/h2*1-4H;/q2*-2;+4. The Morgan fingerprint density at radius 3 is 0.667 bits per heavy atom. The van der Waals surface area contributed by atoms with Crippen LogP contribution < -0.4 is 0 Å². The van der Waals surface area contributed by atoms with Crippen molar-refractivity contribution in [3.63, 3.8) is 0 Å². The number of hydrogen-bond acceptors (Lipinski definition) is 0. The molecule has 0 aromatic carbocycles. The minimum atomic E-state index is 0. The Bertz CT molecular complexity index is 53.0. The monoisotopic (exact) mass is 202 g/mol. The van der Waals surface area contributed by atoms with Crippen LogP contribution >= 0.6 is 0 Å². The summed E-state index contributed by atoms with van der Waals surface area (Å²) in [5.41, 5.74) is 24.3. The summed E-state index contributed by atoms with van der Waals surface area (Å²) < 4.78 is 0. The maximum atomic E-state index is 6.08. The van der Waals surface area contributed by atoms with Crippen molar-refractivity contribution in [3.05, 3.63) is 47.7 Å². The van der Waals surface area contributed by atoms with E-state index >= 15 is 0 Å². The third kappa shape index (κ3) is 95.8. The Kier molecular flexibility index (Phi) is 45.1. The van der Waals surface area contributed by atoms with Crippen molar-refractivity contribution in [2.24, 2.45) is 0 Å². The molecule has 0 bridgehead atoms. The molecule has 0 aliphatic heterocycles. The van der Waals surface area contributed by atoms with E-state index in [1.54, 1.807) is 0 Å². The van der Waals surface area contributed by atoms with Gasteiger partial charge in [0, 0.05) is 0 Å². The molecule has 0 aliphatic carbocycles. The number of rotatable bonds is 0. The van der Waals surface area contributed by atoms with E-state index < -0.39 is 0 Å². The SMILES string of the molecule is [NH-]C=C[NH-].[NH-]C=C[NH-].[Zr+4]. The molecule has 0 amide bonds. The summed E-state index contributed by atoms with van der Waals surface area (Å²) in [6.45, 7) is 0. The smallest absolute Gasteiger partial charge is 0.706 e. The summed E-state index contributed by atoms with van der Waals surface area (Å²) in [5, 5.41) is 0. The number of nitrogens with one attached hydrogen (secondary N) is 4. The average Bonchev–Trinajstić information content (AvgIpc) is 1.88. The zero-order valence-electron chi connectivity index (χ0n) is 4.81. The van der Waals surface area contributed by atoms with Crippen molar-refractivity contribution in [2.45, 2.75) is 0 Å². The molecule has 0 saturated heterocycles. The summed E-state index contributed by atoms with van der Waals surface area (Å²) in [4.78, 5) is 0. The normalized spacial score (nSPS) is 8.00. The third-order valence-electron chi connectivity index (χ3n) is 0.167. The number of hydrogen-bond donors (Lipinski definition) is 0. The van der Waals surface area contributed by atoms with Gasteiger partial charge in [-0.2, -0.15) is 0 Å². The quantitative estimate of drug-likeness (QED) is 0.578. The largest absolute Gasteiger partial charge is 4.00 e. The van der Waals surface area contributed by atoms with Crippen LogP contribution in [0.4, 0.5) is 0 Å². The first kappa shape index (κ1) is 15.8. The van der Waals surface area contributed by atoms with Crippen LogP contribution in [-0.4, -0.2) is 0 Å². The van der Waals surface area contributed by atoms with Crippen LogP contribution in [0.5, 0.6) is 0 Å². The summed E-state index contributed by atoms with van der Waals surface area (Å²) in [5.74, 6) is 0. The second-order valence-electron chi connectivity index (χ2n) is 0.667. The average molecular weight is 203 g/mol.